The molecule has 3 aromatic carbocycles. The lowest BCUT2D eigenvalue weighted by Gasteiger charge is -2.38. The second kappa shape index (κ2) is 10.7. The topological polar surface area (TPSA) is 48.8 Å². The second-order valence-electron chi connectivity index (χ2n) is 10.1. The fraction of sp³-hybridized carbons (Fsp3) is 0.323. The quantitative estimate of drug-likeness (QED) is 0.387. The molecule has 0 bridgehead atoms. The van der Waals surface area contributed by atoms with Gasteiger partial charge in [-0.05, 0) is 71.8 Å². The van der Waals surface area contributed by atoms with Crippen molar-refractivity contribution in [3.05, 3.63) is 100 Å². The number of aliphatic hydroxyl groups is 1. The van der Waals surface area contributed by atoms with Crippen LogP contribution >= 0.6 is 11.6 Å². The standard InChI is InChI=1S/C31H32ClN3O2/c32-28-12-13-30(31-27(28)8-4-14-33-31)37-21-25(36)20-34-15-17-35(18-16-34)29-9-3-7-24-19-23-6-2-1-5-22(23)10-11-26(24)29/h1-9,12-14,25,36H,10-11,15-21H2. The van der Waals surface area contributed by atoms with Crippen LogP contribution in [0.2, 0.25) is 5.02 Å². The molecule has 1 aliphatic carbocycles. The number of hydrogen-bond donors (Lipinski definition) is 1. The summed E-state index contributed by atoms with van der Waals surface area (Å²) in [4.78, 5) is 9.27. The maximum Gasteiger partial charge on any atom is 0.145 e. The van der Waals surface area contributed by atoms with Crippen LogP contribution in [0.3, 0.4) is 0 Å². The zero-order valence-corrected chi connectivity index (χ0v) is 21.7. The number of fused-ring (bicyclic) bond motifs is 3. The van der Waals surface area contributed by atoms with Crippen LogP contribution in [0.1, 0.15) is 22.3 Å². The smallest absolute Gasteiger partial charge is 0.145 e. The Labute approximate surface area is 223 Å². The zero-order chi connectivity index (χ0) is 25.2. The molecule has 1 atom stereocenters. The third-order valence-electron chi connectivity index (χ3n) is 7.68. The Balaban J connectivity index is 1.05. The van der Waals surface area contributed by atoms with E-state index in [-0.39, 0.29) is 6.61 Å². The summed E-state index contributed by atoms with van der Waals surface area (Å²) in [6.07, 6.45) is 4.36. The van der Waals surface area contributed by atoms with E-state index < -0.39 is 6.10 Å². The van der Waals surface area contributed by atoms with Gasteiger partial charge in [-0.1, -0.05) is 48.0 Å². The second-order valence-corrected chi connectivity index (χ2v) is 10.5. The highest BCUT2D eigenvalue weighted by Gasteiger charge is 2.23. The zero-order valence-electron chi connectivity index (χ0n) is 20.9. The fourth-order valence-corrected chi connectivity index (χ4v) is 5.96. The summed E-state index contributed by atoms with van der Waals surface area (Å²) < 4.78 is 5.96. The molecule has 1 saturated heterocycles. The number of rotatable bonds is 6. The molecule has 6 heteroatoms. The Bertz CT molecular complexity index is 1400. The number of piperazine rings is 1. The van der Waals surface area contributed by atoms with Crippen LogP contribution in [0.4, 0.5) is 5.69 Å². The SMILES string of the molecule is OC(COc1ccc(Cl)c2cccnc12)CN1CCN(c2cccc3c2CCc2ccccc2C3)CC1. The van der Waals surface area contributed by atoms with E-state index in [4.69, 9.17) is 16.3 Å². The minimum Gasteiger partial charge on any atom is -0.489 e. The molecule has 1 N–H and O–H groups in total. The van der Waals surface area contributed by atoms with Crippen molar-refractivity contribution in [1.29, 1.82) is 0 Å². The summed E-state index contributed by atoms with van der Waals surface area (Å²) in [5, 5.41) is 12.2. The molecule has 2 heterocycles. The molecule has 37 heavy (non-hydrogen) atoms. The third kappa shape index (κ3) is 5.17. The van der Waals surface area contributed by atoms with Crippen LogP contribution in [-0.2, 0) is 19.3 Å². The molecule has 0 spiro atoms. The van der Waals surface area contributed by atoms with E-state index in [1.54, 1.807) is 6.20 Å². The number of aromatic nitrogens is 1. The van der Waals surface area contributed by atoms with Crippen molar-refractivity contribution in [3.8, 4) is 5.75 Å². The maximum atomic E-state index is 10.7. The fourth-order valence-electron chi connectivity index (χ4n) is 5.75. The van der Waals surface area contributed by atoms with Crippen LogP contribution in [0.25, 0.3) is 10.9 Å². The first kappa shape index (κ1) is 24.2. The van der Waals surface area contributed by atoms with E-state index in [1.807, 2.05) is 24.3 Å². The normalized spacial score (nSPS) is 16.6. The van der Waals surface area contributed by atoms with Gasteiger partial charge in [0.05, 0.1) is 5.02 Å². The average molecular weight is 514 g/mol. The number of nitrogens with zero attached hydrogens (tertiary/aromatic N) is 3. The number of anilines is 1. The van der Waals surface area contributed by atoms with E-state index in [0.29, 0.717) is 17.3 Å². The molecule has 1 aliphatic heterocycles. The van der Waals surface area contributed by atoms with Crippen LogP contribution in [-0.4, -0.2) is 60.4 Å². The highest BCUT2D eigenvalue weighted by Crippen LogP contribution is 2.32. The van der Waals surface area contributed by atoms with Gasteiger partial charge < -0.3 is 14.7 Å². The van der Waals surface area contributed by atoms with E-state index in [0.717, 1.165) is 56.3 Å². The van der Waals surface area contributed by atoms with Crippen LogP contribution in [0.15, 0.2) is 72.9 Å². The Morgan fingerprint density at radius 3 is 2.54 bits per heavy atom. The highest BCUT2D eigenvalue weighted by atomic mass is 35.5. The summed E-state index contributed by atoms with van der Waals surface area (Å²) in [5.41, 5.74) is 8.01. The van der Waals surface area contributed by atoms with E-state index in [2.05, 4.69) is 57.2 Å². The monoisotopic (exact) mass is 513 g/mol. The lowest BCUT2D eigenvalue weighted by Crippen LogP contribution is -2.49. The number of aliphatic hydroxyl groups excluding tert-OH is 1. The van der Waals surface area contributed by atoms with Crippen molar-refractivity contribution in [2.24, 2.45) is 0 Å². The molecule has 0 radical (unpaired) electrons. The largest absolute Gasteiger partial charge is 0.489 e. The Hall–Kier alpha value is -3.12. The van der Waals surface area contributed by atoms with Crippen molar-refractivity contribution >= 4 is 28.2 Å². The molecule has 6 rings (SSSR count). The van der Waals surface area contributed by atoms with Gasteiger partial charge in [0.15, 0.2) is 0 Å². The molecular formula is C31H32ClN3O2. The Morgan fingerprint density at radius 1 is 0.865 bits per heavy atom. The minimum atomic E-state index is -0.576. The number of benzene rings is 3. The molecule has 190 valence electrons. The van der Waals surface area contributed by atoms with Crippen molar-refractivity contribution in [2.75, 3.05) is 44.2 Å². The molecule has 0 saturated carbocycles. The first-order valence-corrected chi connectivity index (χ1v) is 13.5. The minimum absolute atomic E-state index is 0.222. The van der Waals surface area contributed by atoms with Crippen molar-refractivity contribution in [3.63, 3.8) is 0 Å². The third-order valence-corrected chi connectivity index (χ3v) is 8.01. The predicted molar refractivity (Wildman–Crippen MR) is 150 cm³/mol. The van der Waals surface area contributed by atoms with Crippen LogP contribution in [0.5, 0.6) is 5.75 Å². The van der Waals surface area contributed by atoms with E-state index in [1.165, 1.54) is 27.9 Å². The van der Waals surface area contributed by atoms with Crippen LogP contribution in [0, 0.1) is 0 Å². The number of β-amino-alcohol motifs (C(OH)–C–C–N with tert-alkyl or cyclic N) is 1. The molecule has 5 nitrogen and oxygen atoms in total. The number of hydrogen-bond acceptors (Lipinski definition) is 5. The van der Waals surface area contributed by atoms with Gasteiger partial charge in [0.2, 0.25) is 0 Å². The lowest BCUT2D eigenvalue weighted by atomic mass is 9.98. The average Bonchev–Trinajstić information content (AvgIpc) is 3.13. The molecule has 2 aliphatic rings. The van der Waals surface area contributed by atoms with Gasteiger partial charge in [0, 0.05) is 50.0 Å². The van der Waals surface area contributed by atoms with Gasteiger partial charge in [-0.15, -0.1) is 0 Å². The van der Waals surface area contributed by atoms with Crippen molar-refractivity contribution in [1.82, 2.24) is 9.88 Å². The van der Waals surface area contributed by atoms with Crippen molar-refractivity contribution < 1.29 is 9.84 Å². The molecule has 1 aromatic heterocycles. The van der Waals surface area contributed by atoms with Gasteiger partial charge in [0.1, 0.15) is 24.0 Å². The Kier molecular flexibility index (Phi) is 7.01. The van der Waals surface area contributed by atoms with Gasteiger partial charge in [0.25, 0.3) is 0 Å². The van der Waals surface area contributed by atoms with Gasteiger partial charge in [-0.3, -0.25) is 9.88 Å². The van der Waals surface area contributed by atoms with Crippen molar-refractivity contribution in [2.45, 2.75) is 25.4 Å². The van der Waals surface area contributed by atoms with Gasteiger partial charge >= 0.3 is 0 Å². The van der Waals surface area contributed by atoms with Gasteiger partial charge in [-0.25, -0.2) is 0 Å². The summed E-state index contributed by atoms with van der Waals surface area (Å²) >= 11 is 6.29. The van der Waals surface area contributed by atoms with Gasteiger partial charge in [-0.2, -0.15) is 0 Å². The van der Waals surface area contributed by atoms with E-state index >= 15 is 0 Å². The lowest BCUT2D eigenvalue weighted by molar-refractivity contribution is 0.0667. The number of pyridine rings is 1. The number of halogens is 1. The first-order chi connectivity index (χ1) is 18.2. The predicted octanol–water partition coefficient (Wildman–Crippen LogP) is 5.14. The highest BCUT2D eigenvalue weighted by molar-refractivity contribution is 6.35. The summed E-state index contributed by atoms with van der Waals surface area (Å²) in [6, 6.07) is 23.1. The van der Waals surface area contributed by atoms with Crippen LogP contribution < -0.4 is 9.64 Å². The molecule has 1 unspecified atom stereocenters. The molecule has 4 aromatic rings. The molecular weight excluding hydrogens is 482 g/mol. The summed E-state index contributed by atoms with van der Waals surface area (Å²) in [6.45, 7) is 4.58. The van der Waals surface area contributed by atoms with E-state index in [9.17, 15) is 5.11 Å². The summed E-state index contributed by atoms with van der Waals surface area (Å²) in [7, 11) is 0. The summed E-state index contributed by atoms with van der Waals surface area (Å²) in [5.74, 6) is 0.649. The molecule has 1 fully saturated rings. The number of ether oxygens (including phenoxy) is 1. The first-order valence-electron chi connectivity index (χ1n) is 13.1. The Morgan fingerprint density at radius 2 is 1.68 bits per heavy atom. The molecule has 0 amide bonds. The number of aryl methyl sites for hydroxylation is 1. The maximum absolute atomic E-state index is 10.7.